The minimum atomic E-state index is -1.73. The summed E-state index contributed by atoms with van der Waals surface area (Å²) in [6.45, 7) is 1.75. The van der Waals surface area contributed by atoms with Crippen LogP contribution in [-0.4, -0.2) is 29.6 Å². The predicted molar refractivity (Wildman–Crippen MR) is 53.4 cm³/mol. The van der Waals surface area contributed by atoms with E-state index in [2.05, 4.69) is 4.74 Å². The van der Waals surface area contributed by atoms with Gasteiger partial charge in [0.15, 0.2) is 0 Å². The quantitative estimate of drug-likeness (QED) is 0.451. The van der Waals surface area contributed by atoms with Crippen molar-refractivity contribution >= 4 is 11.8 Å². The van der Waals surface area contributed by atoms with E-state index in [0.29, 0.717) is 0 Å². The molecule has 1 rings (SSSR count). The highest BCUT2D eigenvalue weighted by atomic mass is 16.5. The fourth-order valence-corrected chi connectivity index (χ4v) is 1.09. The van der Waals surface area contributed by atoms with Gasteiger partial charge in [0.2, 0.25) is 11.9 Å². The number of carbonyl (C=O) groups is 2. The zero-order valence-electron chi connectivity index (χ0n) is 8.34. The average molecular weight is 208 g/mol. The zero-order valence-corrected chi connectivity index (χ0v) is 8.34. The molecule has 0 amide bonds. The van der Waals surface area contributed by atoms with Gasteiger partial charge in [0.05, 0.1) is 6.61 Å². The van der Waals surface area contributed by atoms with Crippen LogP contribution >= 0.6 is 0 Å². The van der Waals surface area contributed by atoms with Crippen LogP contribution in [0.2, 0.25) is 0 Å². The van der Waals surface area contributed by atoms with E-state index in [1.54, 1.807) is 25.1 Å². The van der Waals surface area contributed by atoms with Gasteiger partial charge in [-0.25, -0.2) is 4.79 Å². The van der Waals surface area contributed by atoms with Gasteiger partial charge in [0.1, 0.15) is 0 Å². The number of ether oxygens (including phenoxy) is 1. The van der Waals surface area contributed by atoms with Gasteiger partial charge in [-0.3, -0.25) is 4.79 Å². The van der Waals surface area contributed by atoms with Gasteiger partial charge in [-0.05, 0) is 6.92 Å². The molecule has 0 saturated carbocycles. The first-order valence-corrected chi connectivity index (χ1v) is 4.60. The van der Waals surface area contributed by atoms with Gasteiger partial charge in [-0.2, -0.15) is 0 Å². The number of aliphatic hydroxyl groups excluding tert-OH is 1. The van der Waals surface area contributed by atoms with Crippen LogP contribution in [0.3, 0.4) is 0 Å². The topological polar surface area (TPSA) is 63.6 Å². The second kappa shape index (κ2) is 5.26. The van der Waals surface area contributed by atoms with Crippen molar-refractivity contribution in [2.24, 2.45) is 0 Å². The first-order valence-electron chi connectivity index (χ1n) is 4.60. The van der Waals surface area contributed by atoms with E-state index in [1.165, 1.54) is 12.1 Å². The molecule has 1 atom stereocenters. The van der Waals surface area contributed by atoms with E-state index in [9.17, 15) is 14.7 Å². The molecule has 0 aromatic heterocycles. The summed E-state index contributed by atoms with van der Waals surface area (Å²) < 4.78 is 4.54. The van der Waals surface area contributed by atoms with E-state index in [4.69, 9.17) is 0 Å². The smallest absolute Gasteiger partial charge is 0.343 e. The van der Waals surface area contributed by atoms with E-state index in [-0.39, 0.29) is 12.2 Å². The summed E-state index contributed by atoms with van der Waals surface area (Å²) in [5.41, 5.74) is 0.290. The molecule has 4 nitrogen and oxygen atoms in total. The molecule has 0 aliphatic carbocycles. The van der Waals surface area contributed by atoms with Crippen LogP contribution in [0.1, 0.15) is 17.3 Å². The summed E-state index contributed by atoms with van der Waals surface area (Å²) in [6, 6.07) is 8.12. The minimum absolute atomic E-state index is 0.137. The minimum Gasteiger partial charge on any atom is -0.464 e. The Kier molecular flexibility index (Phi) is 4.00. The van der Waals surface area contributed by atoms with Gasteiger partial charge < -0.3 is 9.84 Å². The molecule has 80 valence electrons. The molecular formula is C11H12O4. The van der Waals surface area contributed by atoms with Crippen molar-refractivity contribution in [1.29, 1.82) is 0 Å². The number of hydrogen-bond acceptors (Lipinski definition) is 4. The van der Waals surface area contributed by atoms with Gasteiger partial charge in [-0.15, -0.1) is 0 Å². The summed E-state index contributed by atoms with van der Waals surface area (Å²) in [7, 11) is 0. The second-order valence-electron chi connectivity index (χ2n) is 2.88. The Hall–Kier alpha value is -1.68. The summed E-state index contributed by atoms with van der Waals surface area (Å²) in [6.07, 6.45) is -1.73. The van der Waals surface area contributed by atoms with Crippen molar-refractivity contribution in [2.75, 3.05) is 6.61 Å². The lowest BCUT2D eigenvalue weighted by Crippen LogP contribution is -2.31. The molecule has 0 aliphatic rings. The molecule has 1 aromatic carbocycles. The summed E-state index contributed by atoms with van der Waals surface area (Å²) in [5, 5.41) is 9.35. The lowest BCUT2D eigenvalue weighted by Gasteiger charge is -2.08. The molecule has 0 aliphatic heterocycles. The first kappa shape index (κ1) is 11.4. The third-order valence-electron chi connectivity index (χ3n) is 1.82. The monoisotopic (exact) mass is 208 g/mol. The molecule has 15 heavy (non-hydrogen) atoms. The molecule has 0 radical (unpaired) electrons. The van der Waals surface area contributed by atoms with Crippen LogP contribution in [-0.2, 0) is 9.53 Å². The molecule has 0 fully saturated rings. The number of aliphatic hydroxyl groups is 1. The van der Waals surface area contributed by atoms with Crippen LogP contribution in [0.4, 0.5) is 0 Å². The average Bonchev–Trinajstić information content (AvgIpc) is 2.28. The molecule has 1 aromatic rings. The van der Waals surface area contributed by atoms with Crippen LogP contribution in [0.15, 0.2) is 30.3 Å². The Balaban J connectivity index is 2.73. The number of esters is 1. The highest BCUT2D eigenvalue weighted by Gasteiger charge is 2.25. The highest BCUT2D eigenvalue weighted by Crippen LogP contribution is 2.04. The van der Waals surface area contributed by atoms with Crippen LogP contribution in [0.5, 0.6) is 0 Å². The van der Waals surface area contributed by atoms with Crippen molar-refractivity contribution in [3.8, 4) is 0 Å². The molecular weight excluding hydrogens is 196 g/mol. The maximum atomic E-state index is 11.5. The summed E-state index contributed by atoms with van der Waals surface area (Å²) >= 11 is 0. The van der Waals surface area contributed by atoms with Crippen molar-refractivity contribution in [2.45, 2.75) is 13.0 Å². The summed E-state index contributed by atoms with van der Waals surface area (Å²) in [5.74, 6) is -1.56. The van der Waals surface area contributed by atoms with Gasteiger partial charge >= 0.3 is 5.97 Å². The maximum absolute atomic E-state index is 11.5. The number of rotatable bonds is 4. The van der Waals surface area contributed by atoms with Gasteiger partial charge in [-0.1, -0.05) is 30.3 Å². The largest absolute Gasteiger partial charge is 0.464 e. The van der Waals surface area contributed by atoms with E-state index in [1.807, 2.05) is 0 Å². The normalized spacial score (nSPS) is 11.9. The highest BCUT2D eigenvalue weighted by molar-refractivity contribution is 6.10. The van der Waals surface area contributed by atoms with Crippen LogP contribution < -0.4 is 0 Å². The van der Waals surface area contributed by atoms with Crippen molar-refractivity contribution in [3.05, 3.63) is 35.9 Å². The Labute approximate surface area is 87.5 Å². The molecule has 1 N–H and O–H groups in total. The SMILES string of the molecule is CCOC(=O)C(O)C(=O)c1ccccc1. The Morgan fingerprint density at radius 1 is 1.33 bits per heavy atom. The van der Waals surface area contributed by atoms with Crippen molar-refractivity contribution < 1.29 is 19.4 Å². The molecule has 0 bridgehead atoms. The third-order valence-corrected chi connectivity index (χ3v) is 1.82. The lowest BCUT2D eigenvalue weighted by atomic mass is 10.1. The Bertz CT molecular complexity index is 345. The number of benzene rings is 1. The van der Waals surface area contributed by atoms with Gasteiger partial charge in [0.25, 0.3) is 0 Å². The Morgan fingerprint density at radius 2 is 1.93 bits per heavy atom. The first-order chi connectivity index (χ1) is 7.16. The molecule has 0 heterocycles. The van der Waals surface area contributed by atoms with Gasteiger partial charge in [0, 0.05) is 5.56 Å². The van der Waals surface area contributed by atoms with E-state index in [0.717, 1.165) is 0 Å². The predicted octanol–water partition coefficient (Wildman–Crippen LogP) is 0.793. The molecule has 0 saturated heterocycles. The number of ketones is 1. The van der Waals surface area contributed by atoms with Crippen LogP contribution in [0, 0.1) is 0 Å². The summed E-state index contributed by atoms with van der Waals surface area (Å²) in [4.78, 5) is 22.6. The number of carbonyl (C=O) groups excluding carboxylic acids is 2. The standard InChI is InChI=1S/C11H12O4/c1-2-15-11(14)10(13)9(12)8-6-4-3-5-7-8/h3-7,10,13H,2H2,1H3. The van der Waals surface area contributed by atoms with Crippen LogP contribution in [0.25, 0.3) is 0 Å². The molecule has 4 heteroatoms. The second-order valence-corrected chi connectivity index (χ2v) is 2.88. The third kappa shape index (κ3) is 2.89. The van der Waals surface area contributed by atoms with Crippen molar-refractivity contribution in [1.82, 2.24) is 0 Å². The molecule has 1 unspecified atom stereocenters. The fraction of sp³-hybridized carbons (Fsp3) is 0.273. The van der Waals surface area contributed by atoms with E-state index < -0.39 is 17.9 Å². The zero-order chi connectivity index (χ0) is 11.3. The lowest BCUT2D eigenvalue weighted by molar-refractivity contribution is -0.150. The maximum Gasteiger partial charge on any atom is 0.343 e. The van der Waals surface area contributed by atoms with E-state index >= 15 is 0 Å². The number of Topliss-reactive ketones (excluding diaryl/α,β-unsaturated/α-hetero) is 1. The number of hydrogen-bond donors (Lipinski definition) is 1. The Morgan fingerprint density at radius 3 is 2.47 bits per heavy atom. The molecule has 0 spiro atoms. The van der Waals surface area contributed by atoms with Crippen molar-refractivity contribution in [3.63, 3.8) is 0 Å². The fourth-order valence-electron chi connectivity index (χ4n) is 1.09.